The summed E-state index contributed by atoms with van der Waals surface area (Å²) in [4.78, 5) is 12.4. The third kappa shape index (κ3) is 1.42. The zero-order valence-corrected chi connectivity index (χ0v) is 12.7. The molecular weight excluding hydrogens is 256 g/mol. The molecule has 114 valence electrons. The Balaban J connectivity index is 2.08. The second-order valence-electron chi connectivity index (χ2n) is 7.76. The van der Waals surface area contributed by atoms with Crippen LogP contribution in [0.25, 0.3) is 0 Å². The third-order valence-corrected chi connectivity index (χ3v) is 7.25. The van der Waals surface area contributed by atoms with E-state index in [0.717, 1.165) is 19.3 Å². The van der Waals surface area contributed by atoms with Gasteiger partial charge in [0.25, 0.3) is 0 Å². The molecule has 0 aromatic rings. The minimum absolute atomic E-state index is 0.0236. The molecule has 0 aromatic heterocycles. The zero-order valence-electron chi connectivity index (χ0n) is 12.7. The number of ether oxygens (including phenoxy) is 1. The van der Waals surface area contributed by atoms with Crippen LogP contribution in [0.3, 0.4) is 0 Å². The van der Waals surface area contributed by atoms with Crippen LogP contribution in [0.4, 0.5) is 0 Å². The van der Waals surface area contributed by atoms with Crippen molar-refractivity contribution in [1.82, 2.24) is 0 Å². The van der Waals surface area contributed by atoms with E-state index in [9.17, 15) is 15.0 Å². The SMILES string of the molecule is C[C@@]1(CO)[C@@H](O)CC[C@@]2(C)[C@H]1CC[C@H]1COC(=O)[C@@]12C. The first-order valence-corrected chi connectivity index (χ1v) is 7.77. The molecule has 0 unspecified atom stereocenters. The lowest BCUT2D eigenvalue weighted by Gasteiger charge is -2.62. The van der Waals surface area contributed by atoms with E-state index in [2.05, 4.69) is 13.8 Å². The van der Waals surface area contributed by atoms with Gasteiger partial charge in [0, 0.05) is 11.3 Å². The number of aliphatic hydroxyl groups excluding tert-OH is 2. The number of fused-ring (bicyclic) bond motifs is 3. The molecule has 3 rings (SSSR count). The maximum absolute atomic E-state index is 12.4. The molecule has 20 heavy (non-hydrogen) atoms. The van der Waals surface area contributed by atoms with Gasteiger partial charge in [0.2, 0.25) is 0 Å². The summed E-state index contributed by atoms with van der Waals surface area (Å²) >= 11 is 0. The van der Waals surface area contributed by atoms with E-state index in [1.54, 1.807) is 0 Å². The minimum Gasteiger partial charge on any atom is -0.465 e. The van der Waals surface area contributed by atoms with Gasteiger partial charge in [-0.3, -0.25) is 4.79 Å². The van der Waals surface area contributed by atoms with E-state index in [1.807, 2.05) is 6.92 Å². The smallest absolute Gasteiger partial charge is 0.312 e. The average molecular weight is 282 g/mol. The van der Waals surface area contributed by atoms with Crippen molar-refractivity contribution >= 4 is 5.97 Å². The number of carbonyl (C=O) groups excluding carboxylic acids is 1. The van der Waals surface area contributed by atoms with Crippen LogP contribution in [0, 0.1) is 28.1 Å². The fraction of sp³-hybridized carbons (Fsp3) is 0.938. The van der Waals surface area contributed by atoms with E-state index >= 15 is 0 Å². The number of rotatable bonds is 1. The van der Waals surface area contributed by atoms with E-state index < -0.39 is 16.9 Å². The molecule has 2 saturated carbocycles. The highest BCUT2D eigenvalue weighted by atomic mass is 16.5. The molecule has 2 aliphatic carbocycles. The number of hydrogen-bond acceptors (Lipinski definition) is 4. The van der Waals surface area contributed by atoms with Crippen molar-refractivity contribution in [3.05, 3.63) is 0 Å². The van der Waals surface area contributed by atoms with E-state index in [-0.39, 0.29) is 29.8 Å². The predicted octanol–water partition coefficient (Wildman–Crippen LogP) is 1.74. The van der Waals surface area contributed by atoms with Gasteiger partial charge < -0.3 is 14.9 Å². The predicted molar refractivity (Wildman–Crippen MR) is 73.8 cm³/mol. The summed E-state index contributed by atoms with van der Waals surface area (Å²) in [6, 6.07) is 0. The fourth-order valence-corrected chi connectivity index (χ4v) is 5.48. The summed E-state index contributed by atoms with van der Waals surface area (Å²) in [5.41, 5.74) is -1.17. The summed E-state index contributed by atoms with van der Waals surface area (Å²) in [7, 11) is 0. The molecule has 1 aliphatic heterocycles. The van der Waals surface area contributed by atoms with Crippen LogP contribution in [-0.4, -0.2) is 35.5 Å². The topological polar surface area (TPSA) is 66.8 Å². The Bertz CT molecular complexity index is 436. The number of esters is 1. The molecule has 3 aliphatic rings. The Morgan fingerprint density at radius 2 is 1.95 bits per heavy atom. The van der Waals surface area contributed by atoms with Crippen molar-refractivity contribution in [1.29, 1.82) is 0 Å². The van der Waals surface area contributed by atoms with E-state index in [1.165, 1.54) is 0 Å². The second kappa shape index (κ2) is 4.20. The van der Waals surface area contributed by atoms with E-state index in [0.29, 0.717) is 13.0 Å². The first-order valence-electron chi connectivity index (χ1n) is 7.77. The van der Waals surface area contributed by atoms with Crippen LogP contribution >= 0.6 is 0 Å². The number of aliphatic hydroxyl groups is 2. The summed E-state index contributed by atoms with van der Waals surface area (Å²) in [5.74, 6) is 0.372. The lowest BCUT2D eigenvalue weighted by atomic mass is 9.41. The number of carbonyl (C=O) groups is 1. The lowest BCUT2D eigenvalue weighted by Crippen LogP contribution is -2.63. The van der Waals surface area contributed by atoms with Gasteiger partial charge in [-0.15, -0.1) is 0 Å². The zero-order chi connectivity index (χ0) is 14.8. The van der Waals surface area contributed by atoms with Gasteiger partial charge in [-0.25, -0.2) is 0 Å². The molecule has 4 heteroatoms. The summed E-state index contributed by atoms with van der Waals surface area (Å²) in [5, 5.41) is 20.3. The van der Waals surface area contributed by atoms with Crippen LogP contribution in [0.1, 0.15) is 46.5 Å². The largest absolute Gasteiger partial charge is 0.465 e. The maximum atomic E-state index is 12.4. The molecule has 2 N–H and O–H groups in total. The van der Waals surface area contributed by atoms with Crippen LogP contribution in [0.2, 0.25) is 0 Å². The Morgan fingerprint density at radius 1 is 1.25 bits per heavy atom. The molecule has 0 radical (unpaired) electrons. The Morgan fingerprint density at radius 3 is 2.60 bits per heavy atom. The van der Waals surface area contributed by atoms with Crippen LogP contribution < -0.4 is 0 Å². The summed E-state index contributed by atoms with van der Waals surface area (Å²) in [6.45, 7) is 6.72. The molecule has 1 saturated heterocycles. The van der Waals surface area contributed by atoms with Crippen molar-refractivity contribution in [3.8, 4) is 0 Å². The first-order chi connectivity index (χ1) is 9.30. The van der Waals surface area contributed by atoms with Gasteiger partial charge in [0.05, 0.1) is 24.7 Å². The lowest BCUT2D eigenvalue weighted by molar-refractivity contribution is -0.200. The highest BCUT2D eigenvalue weighted by Gasteiger charge is 2.68. The van der Waals surface area contributed by atoms with E-state index in [4.69, 9.17) is 4.74 Å². The molecule has 3 fully saturated rings. The molecular formula is C16H26O4. The first kappa shape index (κ1) is 14.3. The van der Waals surface area contributed by atoms with Gasteiger partial charge in [-0.2, -0.15) is 0 Å². The quantitative estimate of drug-likeness (QED) is 0.719. The molecule has 6 atom stereocenters. The van der Waals surface area contributed by atoms with Crippen LogP contribution in [-0.2, 0) is 9.53 Å². The summed E-state index contributed by atoms with van der Waals surface area (Å²) < 4.78 is 5.38. The average Bonchev–Trinajstić information content (AvgIpc) is 2.73. The standard InChI is InChI=1S/C16H26O4/c1-14(9-17)11-5-4-10-8-20-13(19)16(10,3)15(11,2)7-6-12(14)18/h10-12,17-18H,4-9H2,1-3H3/t10-,11-,12-,14-,15-,16+/m0/s1. The van der Waals surface area contributed by atoms with Crippen LogP contribution in [0.15, 0.2) is 0 Å². The Hall–Kier alpha value is -0.610. The van der Waals surface area contributed by atoms with Crippen molar-refractivity contribution in [3.63, 3.8) is 0 Å². The number of hydrogen-bond donors (Lipinski definition) is 2. The molecule has 0 spiro atoms. The van der Waals surface area contributed by atoms with Crippen molar-refractivity contribution in [2.45, 2.75) is 52.6 Å². The van der Waals surface area contributed by atoms with Gasteiger partial charge in [0.1, 0.15) is 0 Å². The second-order valence-corrected chi connectivity index (χ2v) is 7.76. The molecule has 4 nitrogen and oxygen atoms in total. The van der Waals surface area contributed by atoms with Gasteiger partial charge >= 0.3 is 5.97 Å². The maximum Gasteiger partial charge on any atom is 0.312 e. The van der Waals surface area contributed by atoms with Gasteiger partial charge in [-0.1, -0.05) is 13.8 Å². The molecule has 0 bridgehead atoms. The molecule has 1 heterocycles. The highest BCUT2D eigenvalue weighted by molar-refractivity contribution is 5.80. The van der Waals surface area contributed by atoms with Crippen molar-refractivity contribution < 1.29 is 19.7 Å². The van der Waals surface area contributed by atoms with Gasteiger partial charge in [-0.05, 0) is 43.9 Å². The summed E-state index contributed by atoms with van der Waals surface area (Å²) in [6.07, 6.45) is 2.91. The Kier molecular flexibility index (Phi) is 3.01. The van der Waals surface area contributed by atoms with Crippen molar-refractivity contribution in [2.75, 3.05) is 13.2 Å². The molecule has 0 amide bonds. The van der Waals surface area contributed by atoms with Crippen molar-refractivity contribution in [2.24, 2.45) is 28.1 Å². The highest BCUT2D eigenvalue weighted by Crippen LogP contribution is 2.67. The normalized spacial score (nSPS) is 55.0. The molecule has 0 aromatic carbocycles. The Labute approximate surface area is 120 Å². The minimum atomic E-state index is -0.510. The third-order valence-electron chi connectivity index (χ3n) is 7.25. The monoisotopic (exact) mass is 282 g/mol. The number of cyclic esters (lactones) is 1. The van der Waals surface area contributed by atoms with Gasteiger partial charge in [0.15, 0.2) is 0 Å². The fourth-order valence-electron chi connectivity index (χ4n) is 5.48. The van der Waals surface area contributed by atoms with Crippen LogP contribution in [0.5, 0.6) is 0 Å².